The van der Waals surface area contributed by atoms with E-state index in [1.54, 1.807) is 0 Å². The van der Waals surface area contributed by atoms with Crippen LogP contribution in [0.2, 0.25) is 0 Å². The van der Waals surface area contributed by atoms with Gasteiger partial charge in [-0.1, -0.05) is 109 Å². The van der Waals surface area contributed by atoms with Crippen LogP contribution in [0.1, 0.15) is 0 Å². The third kappa shape index (κ3) is 3.68. The lowest BCUT2D eigenvalue weighted by molar-refractivity contribution is 0.668. The number of hydrogen-bond donors (Lipinski definition) is 0. The topological polar surface area (TPSA) is 29.5 Å². The SMILES string of the molecule is c1ccc(-c2ccccc2N(c2ccc3c(c2)oc2ccccc23)c2cccc3c2oc2c4ccccc4ccc32)cc1. The first-order chi connectivity index (χ1) is 21.3. The van der Waals surface area contributed by atoms with E-state index in [1.807, 2.05) is 12.1 Å². The summed E-state index contributed by atoms with van der Waals surface area (Å²) < 4.78 is 13.2. The molecular formula is C40H25NO2. The zero-order valence-corrected chi connectivity index (χ0v) is 23.2. The Hall–Kier alpha value is -5.80. The second-order valence-corrected chi connectivity index (χ2v) is 10.9. The minimum Gasteiger partial charge on any atom is -0.456 e. The van der Waals surface area contributed by atoms with Crippen molar-refractivity contribution < 1.29 is 8.83 Å². The van der Waals surface area contributed by atoms with Gasteiger partial charge in [-0.2, -0.15) is 0 Å². The number of para-hydroxylation sites is 3. The normalized spacial score (nSPS) is 11.7. The van der Waals surface area contributed by atoms with Gasteiger partial charge in [-0.05, 0) is 47.3 Å². The average molecular weight is 552 g/mol. The molecule has 202 valence electrons. The number of rotatable bonds is 4. The highest BCUT2D eigenvalue weighted by molar-refractivity contribution is 6.18. The predicted molar refractivity (Wildman–Crippen MR) is 179 cm³/mol. The van der Waals surface area contributed by atoms with E-state index in [0.717, 1.165) is 82.8 Å². The molecule has 0 saturated carbocycles. The van der Waals surface area contributed by atoms with E-state index in [1.165, 1.54) is 0 Å². The van der Waals surface area contributed by atoms with E-state index in [9.17, 15) is 0 Å². The summed E-state index contributed by atoms with van der Waals surface area (Å²) in [6, 6.07) is 53.0. The minimum absolute atomic E-state index is 0.849. The third-order valence-electron chi connectivity index (χ3n) is 8.46. The smallest absolute Gasteiger partial charge is 0.159 e. The van der Waals surface area contributed by atoms with Crippen LogP contribution >= 0.6 is 0 Å². The van der Waals surface area contributed by atoms with E-state index in [4.69, 9.17) is 8.83 Å². The van der Waals surface area contributed by atoms with Gasteiger partial charge in [-0.15, -0.1) is 0 Å². The highest BCUT2D eigenvalue weighted by atomic mass is 16.3. The third-order valence-corrected chi connectivity index (χ3v) is 8.46. The van der Waals surface area contributed by atoms with Crippen molar-refractivity contribution in [3.05, 3.63) is 152 Å². The van der Waals surface area contributed by atoms with Crippen LogP contribution in [-0.4, -0.2) is 0 Å². The van der Waals surface area contributed by atoms with E-state index >= 15 is 0 Å². The standard InChI is InChI=1S/C40H25NO2/c1-2-11-26(12-3-1)29-14-6-8-18-35(29)41(28-22-24-32-31-16-7-9-20-37(31)42-38(32)25-28)36-19-10-17-33-34-23-21-27-13-4-5-15-30(27)39(34)43-40(33)36/h1-25H. The predicted octanol–water partition coefficient (Wildman–Crippen LogP) is 11.8. The lowest BCUT2D eigenvalue weighted by Gasteiger charge is -2.27. The molecule has 0 unspecified atom stereocenters. The number of benzene rings is 7. The molecule has 0 fully saturated rings. The molecule has 0 bridgehead atoms. The fourth-order valence-corrected chi connectivity index (χ4v) is 6.48. The van der Waals surface area contributed by atoms with Crippen LogP contribution in [0.15, 0.2) is 160 Å². The largest absolute Gasteiger partial charge is 0.456 e. The fraction of sp³-hybridized carbons (Fsp3) is 0. The minimum atomic E-state index is 0.849. The number of fused-ring (bicyclic) bond motifs is 8. The Balaban J connectivity index is 1.36. The van der Waals surface area contributed by atoms with E-state index in [-0.39, 0.29) is 0 Å². The highest BCUT2D eigenvalue weighted by Gasteiger charge is 2.23. The van der Waals surface area contributed by atoms with Crippen LogP contribution in [0.5, 0.6) is 0 Å². The van der Waals surface area contributed by atoms with Crippen molar-refractivity contribution in [2.75, 3.05) is 4.90 Å². The molecule has 0 aliphatic rings. The summed E-state index contributed by atoms with van der Waals surface area (Å²) in [5.74, 6) is 0. The summed E-state index contributed by atoms with van der Waals surface area (Å²) in [4.78, 5) is 2.31. The van der Waals surface area contributed by atoms with Gasteiger partial charge >= 0.3 is 0 Å². The molecule has 7 aromatic carbocycles. The Labute approximate surface area is 247 Å². The monoisotopic (exact) mass is 551 g/mol. The Morgan fingerprint density at radius 1 is 0.395 bits per heavy atom. The molecule has 0 N–H and O–H groups in total. The van der Waals surface area contributed by atoms with Crippen molar-refractivity contribution in [1.29, 1.82) is 0 Å². The summed E-state index contributed by atoms with van der Waals surface area (Å²) in [6.45, 7) is 0. The van der Waals surface area contributed by atoms with Gasteiger partial charge in [0.2, 0.25) is 0 Å². The number of furan rings is 2. The van der Waals surface area contributed by atoms with Crippen molar-refractivity contribution in [3.8, 4) is 11.1 Å². The zero-order valence-electron chi connectivity index (χ0n) is 23.2. The lowest BCUT2D eigenvalue weighted by Crippen LogP contribution is -2.11. The highest BCUT2D eigenvalue weighted by Crippen LogP contribution is 2.46. The van der Waals surface area contributed by atoms with E-state index in [0.29, 0.717) is 0 Å². The molecule has 2 heterocycles. The molecule has 2 aromatic heterocycles. The first kappa shape index (κ1) is 23.9. The molecule has 0 amide bonds. The first-order valence-electron chi connectivity index (χ1n) is 14.5. The number of anilines is 3. The van der Waals surface area contributed by atoms with E-state index < -0.39 is 0 Å². The van der Waals surface area contributed by atoms with Crippen molar-refractivity contribution in [2.24, 2.45) is 0 Å². The Kier molecular flexibility index (Phi) is 5.20. The quantitative estimate of drug-likeness (QED) is 0.218. The van der Waals surface area contributed by atoms with Crippen LogP contribution in [0.25, 0.3) is 65.8 Å². The molecule has 43 heavy (non-hydrogen) atoms. The maximum atomic E-state index is 6.84. The maximum Gasteiger partial charge on any atom is 0.159 e. The molecule has 3 heteroatoms. The molecular weight excluding hydrogens is 526 g/mol. The van der Waals surface area contributed by atoms with Gasteiger partial charge in [0.05, 0.1) is 17.1 Å². The van der Waals surface area contributed by atoms with Crippen LogP contribution in [0.3, 0.4) is 0 Å². The van der Waals surface area contributed by atoms with Crippen molar-refractivity contribution in [3.63, 3.8) is 0 Å². The summed E-state index contributed by atoms with van der Waals surface area (Å²) in [7, 11) is 0. The summed E-state index contributed by atoms with van der Waals surface area (Å²) in [5.41, 5.74) is 8.79. The molecule has 3 nitrogen and oxygen atoms in total. The molecule has 9 rings (SSSR count). The zero-order chi connectivity index (χ0) is 28.3. The molecule has 0 saturated heterocycles. The molecule has 0 aliphatic carbocycles. The fourth-order valence-electron chi connectivity index (χ4n) is 6.48. The average Bonchev–Trinajstić information content (AvgIpc) is 3.64. The van der Waals surface area contributed by atoms with Gasteiger partial charge in [0.1, 0.15) is 16.7 Å². The van der Waals surface area contributed by atoms with Crippen molar-refractivity contribution in [2.45, 2.75) is 0 Å². The Bertz CT molecular complexity index is 2470. The van der Waals surface area contributed by atoms with E-state index in [2.05, 4.69) is 144 Å². The van der Waals surface area contributed by atoms with Crippen LogP contribution in [-0.2, 0) is 0 Å². The van der Waals surface area contributed by atoms with Gasteiger partial charge in [0, 0.05) is 38.6 Å². The van der Waals surface area contributed by atoms with Crippen LogP contribution in [0.4, 0.5) is 17.1 Å². The molecule has 0 atom stereocenters. The second-order valence-electron chi connectivity index (χ2n) is 10.9. The summed E-state index contributed by atoms with van der Waals surface area (Å²) in [6.07, 6.45) is 0. The Morgan fingerprint density at radius 3 is 2.00 bits per heavy atom. The molecule has 0 spiro atoms. The van der Waals surface area contributed by atoms with Gasteiger partial charge < -0.3 is 13.7 Å². The van der Waals surface area contributed by atoms with Crippen LogP contribution in [0, 0.1) is 0 Å². The van der Waals surface area contributed by atoms with Crippen LogP contribution < -0.4 is 4.90 Å². The van der Waals surface area contributed by atoms with Crippen molar-refractivity contribution >= 4 is 71.7 Å². The summed E-state index contributed by atoms with van der Waals surface area (Å²) in [5, 5.41) is 6.69. The Morgan fingerprint density at radius 2 is 1.07 bits per heavy atom. The lowest BCUT2D eigenvalue weighted by atomic mass is 10.0. The molecule has 9 aromatic rings. The second kappa shape index (κ2) is 9.37. The van der Waals surface area contributed by atoms with Gasteiger partial charge in [0.15, 0.2) is 5.58 Å². The van der Waals surface area contributed by atoms with Gasteiger partial charge in [-0.25, -0.2) is 0 Å². The first-order valence-corrected chi connectivity index (χ1v) is 14.5. The van der Waals surface area contributed by atoms with Crippen molar-refractivity contribution in [1.82, 2.24) is 0 Å². The maximum absolute atomic E-state index is 6.84. The molecule has 0 radical (unpaired) electrons. The molecule has 0 aliphatic heterocycles. The number of hydrogen-bond acceptors (Lipinski definition) is 3. The number of nitrogens with zero attached hydrogens (tertiary/aromatic N) is 1. The van der Waals surface area contributed by atoms with Gasteiger partial charge in [0.25, 0.3) is 0 Å². The summed E-state index contributed by atoms with van der Waals surface area (Å²) >= 11 is 0. The van der Waals surface area contributed by atoms with Gasteiger partial charge in [-0.3, -0.25) is 0 Å².